The fourth-order valence-corrected chi connectivity index (χ4v) is 1.28. The fraction of sp³-hybridized carbons (Fsp3) is 0.571. The van der Waals surface area contributed by atoms with Gasteiger partial charge >= 0.3 is 5.97 Å². The van der Waals surface area contributed by atoms with Crippen molar-refractivity contribution in [3.05, 3.63) is 12.2 Å². The molecule has 1 aromatic rings. The van der Waals surface area contributed by atoms with Gasteiger partial charge in [0, 0.05) is 6.61 Å². The first-order chi connectivity index (χ1) is 6.27. The van der Waals surface area contributed by atoms with E-state index in [1.807, 2.05) is 0 Å². The second-order valence-corrected chi connectivity index (χ2v) is 2.87. The predicted octanol–water partition coefficient (Wildman–Crippen LogP) is -0.0623. The monoisotopic (exact) mass is 183 g/mol. The summed E-state index contributed by atoms with van der Waals surface area (Å²) in [4.78, 5) is 14.1. The van der Waals surface area contributed by atoms with Crippen molar-refractivity contribution in [3.8, 4) is 0 Å². The van der Waals surface area contributed by atoms with Crippen LogP contribution >= 0.6 is 0 Å². The molecule has 0 aromatic carbocycles. The Labute approximate surface area is 74.1 Å². The highest BCUT2D eigenvalue weighted by atomic mass is 16.5. The molecule has 0 aliphatic carbocycles. The number of nitrogens with zero attached hydrogens (tertiary/aromatic N) is 3. The Balaban J connectivity index is 2.16. The number of hydrogen-bond donors (Lipinski definition) is 1. The molecule has 6 heteroatoms. The first-order valence-electron chi connectivity index (χ1n) is 3.99. The van der Waals surface area contributed by atoms with Gasteiger partial charge in [0.05, 0.1) is 12.6 Å². The van der Waals surface area contributed by atoms with Crippen molar-refractivity contribution in [1.29, 1.82) is 0 Å². The van der Waals surface area contributed by atoms with Crippen molar-refractivity contribution in [2.45, 2.75) is 12.5 Å². The number of hydrogen-bond acceptors (Lipinski definition) is 4. The van der Waals surface area contributed by atoms with Gasteiger partial charge in [-0.15, -0.1) is 5.10 Å². The van der Waals surface area contributed by atoms with Gasteiger partial charge in [-0.05, 0) is 6.42 Å². The first kappa shape index (κ1) is 8.18. The molecule has 13 heavy (non-hydrogen) atoms. The number of carboxylic acids is 1. The van der Waals surface area contributed by atoms with Crippen LogP contribution in [0.2, 0.25) is 0 Å². The highest BCUT2D eigenvalue weighted by Gasteiger charge is 2.20. The zero-order chi connectivity index (χ0) is 9.26. The first-order valence-corrected chi connectivity index (χ1v) is 3.99. The van der Waals surface area contributed by atoms with Crippen LogP contribution < -0.4 is 0 Å². The maximum absolute atomic E-state index is 10.5. The van der Waals surface area contributed by atoms with Crippen LogP contribution in [0.1, 0.15) is 23.1 Å². The summed E-state index contributed by atoms with van der Waals surface area (Å²) in [5.74, 6) is -1.26. The lowest BCUT2D eigenvalue weighted by atomic mass is 10.3. The van der Waals surface area contributed by atoms with E-state index in [0.717, 1.165) is 6.42 Å². The standard InChI is InChI=1S/C7H9N3O3/c11-7(12)6-8-4-10(9-6)5-1-2-13-3-5/h4-5H,1-3H2,(H,11,12). The zero-order valence-electron chi connectivity index (χ0n) is 6.88. The SMILES string of the molecule is O=C(O)c1ncn(C2CCOC2)n1. The summed E-state index contributed by atoms with van der Waals surface area (Å²) < 4.78 is 6.70. The number of ether oxygens (including phenoxy) is 1. The summed E-state index contributed by atoms with van der Waals surface area (Å²) in [6, 6.07) is 0.139. The Kier molecular flexibility index (Phi) is 1.97. The Morgan fingerprint density at radius 2 is 2.62 bits per heavy atom. The van der Waals surface area contributed by atoms with E-state index in [-0.39, 0.29) is 11.9 Å². The van der Waals surface area contributed by atoms with Gasteiger partial charge in [0.2, 0.25) is 0 Å². The molecule has 2 heterocycles. The van der Waals surface area contributed by atoms with E-state index in [1.54, 1.807) is 4.68 Å². The molecule has 70 valence electrons. The smallest absolute Gasteiger partial charge is 0.375 e. The molecular weight excluding hydrogens is 174 g/mol. The quantitative estimate of drug-likeness (QED) is 0.694. The van der Waals surface area contributed by atoms with Crippen LogP contribution in [0.5, 0.6) is 0 Å². The van der Waals surface area contributed by atoms with E-state index < -0.39 is 5.97 Å². The molecule has 0 saturated carbocycles. The van der Waals surface area contributed by atoms with Crippen LogP contribution in [0.4, 0.5) is 0 Å². The van der Waals surface area contributed by atoms with Crippen molar-refractivity contribution in [2.24, 2.45) is 0 Å². The van der Waals surface area contributed by atoms with Gasteiger partial charge in [0.15, 0.2) is 0 Å². The lowest BCUT2D eigenvalue weighted by molar-refractivity contribution is 0.0682. The maximum Gasteiger partial charge on any atom is 0.375 e. The van der Waals surface area contributed by atoms with Crippen molar-refractivity contribution >= 4 is 5.97 Å². The number of carboxylic acid groups (broad SMARTS) is 1. The lowest BCUT2D eigenvalue weighted by Crippen LogP contribution is -2.10. The van der Waals surface area contributed by atoms with Gasteiger partial charge in [-0.2, -0.15) is 0 Å². The van der Waals surface area contributed by atoms with E-state index in [1.165, 1.54) is 6.33 Å². The van der Waals surface area contributed by atoms with Crippen molar-refractivity contribution in [1.82, 2.24) is 14.8 Å². The Hall–Kier alpha value is -1.43. The van der Waals surface area contributed by atoms with Crippen LogP contribution in [0.25, 0.3) is 0 Å². The van der Waals surface area contributed by atoms with Gasteiger partial charge in [0.1, 0.15) is 6.33 Å². The molecule has 0 bridgehead atoms. The molecule has 1 atom stereocenters. The average Bonchev–Trinajstić information content (AvgIpc) is 2.75. The Morgan fingerprint density at radius 3 is 3.15 bits per heavy atom. The van der Waals surface area contributed by atoms with Crippen molar-refractivity contribution < 1.29 is 14.6 Å². The molecule has 1 N–H and O–H groups in total. The number of rotatable bonds is 2. The summed E-state index contributed by atoms with van der Waals surface area (Å²) in [6.45, 7) is 1.29. The molecule has 0 amide bonds. The summed E-state index contributed by atoms with van der Waals surface area (Å²) in [7, 11) is 0. The third kappa shape index (κ3) is 1.52. The van der Waals surface area contributed by atoms with E-state index >= 15 is 0 Å². The topological polar surface area (TPSA) is 77.2 Å². The summed E-state index contributed by atoms with van der Waals surface area (Å²) in [5.41, 5.74) is 0. The molecular formula is C7H9N3O3. The van der Waals surface area contributed by atoms with Gasteiger partial charge in [0.25, 0.3) is 5.82 Å². The van der Waals surface area contributed by atoms with E-state index in [0.29, 0.717) is 13.2 Å². The van der Waals surface area contributed by atoms with Gasteiger partial charge in [-0.1, -0.05) is 0 Å². The summed E-state index contributed by atoms with van der Waals surface area (Å²) >= 11 is 0. The van der Waals surface area contributed by atoms with E-state index in [4.69, 9.17) is 9.84 Å². The molecule has 1 aliphatic heterocycles. The third-order valence-corrected chi connectivity index (χ3v) is 1.98. The third-order valence-electron chi connectivity index (χ3n) is 1.98. The van der Waals surface area contributed by atoms with E-state index in [9.17, 15) is 4.79 Å². The molecule has 0 spiro atoms. The second kappa shape index (κ2) is 3.14. The lowest BCUT2D eigenvalue weighted by Gasteiger charge is -2.04. The molecule has 0 radical (unpaired) electrons. The average molecular weight is 183 g/mol. The van der Waals surface area contributed by atoms with Crippen LogP contribution in [-0.2, 0) is 4.74 Å². The minimum Gasteiger partial charge on any atom is -0.475 e. The van der Waals surface area contributed by atoms with Crippen molar-refractivity contribution in [2.75, 3.05) is 13.2 Å². The zero-order valence-corrected chi connectivity index (χ0v) is 6.88. The normalized spacial score (nSPS) is 22.0. The molecule has 1 aromatic heterocycles. The Bertz CT molecular complexity index is 317. The molecule has 1 saturated heterocycles. The fourth-order valence-electron chi connectivity index (χ4n) is 1.28. The van der Waals surface area contributed by atoms with Crippen molar-refractivity contribution in [3.63, 3.8) is 0 Å². The predicted molar refractivity (Wildman–Crippen MR) is 41.5 cm³/mol. The van der Waals surface area contributed by atoms with Crippen LogP contribution in [0, 0.1) is 0 Å². The summed E-state index contributed by atoms with van der Waals surface area (Å²) in [6.07, 6.45) is 2.30. The highest BCUT2D eigenvalue weighted by Crippen LogP contribution is 2.16. The Morgan fingerprint density at radius 1 is 1.77 bits per heavy atom. The minimum absolute atomic E-state index is 0.139. The molecule has 2 rings (SSSR count). The van der Waals surface area contributed by atoms with Crippen LogP contribution in [-0.4, -0.2) is 39.1 Å². The molecule has 6 nitrogen and oxygen atoms in total. The van der Waals surface area contributed by atoms with Crippen LogP contribution in [0.3, 0.4) is 0 Å². The van der Waals surface area contributed by atoms with Gasteiger partial charge in [-0.25, -0.2) is 14.5 Å². The van der Waals surface area contributed by atoms with E-state index in [2.05, 4.69) is 10.1 Å². The molecule has 1 unspecified atom stereocenters. The van der Waals surface area contributed by atoms with Gasteiger partial charge in [-0.3, -0.25) is 0 Å². The van der Waals surface area contributed by atoms with Crippen LogP contribution in [0.15, 0.2) is 6.33 Å². The minimum atomic E-state index is -1.10. The molecule has 1 fully saturated rings. The largest absolute Gasteiger partial charge is 0.475 e. The summed E-state index contributed by atoms with van der Waals surface area (Å²) in [5, 5.41) is 12.4. The molecule has 1 aliphatic rings. The van der Waals surface area contributed by atoms with Gasteiger partial charge < -0.3 is 9.84 Å². The highest BCUT2D eigenvalue weighted by molar-refractivity contribution is 5.82. The second-order valence-electron chi connectivity index (χ2n) is 2.87. The number of aromatic carboxylic acids is 1. The number of aromatic nitrogens is 3. The maximum atomic E-state index is 10.5. The number of carbonyl (C=O) groups is 1.